The van der Waals surface area contributed by atoms with Gasteiger partial charge in [0.15, 0.2) is 9.84 Å². The van der Waals surface area contributed by atoms with Gasteiger partial charge in [0.1, 0.15) is 6.67 Å². The molecule has 1 aliphatic carbocycles. The number of halogens is 1. The van der Waals surface area contributed by atoms with Crippen molar-refractivity contribution in [1.29, 1.82) is 10.5 Å². The van der Waals surface area contributed by atoms with Crippen molar-refractivity contribution in [3.63, 3.8) is 0 Å². The first-order chi connectivity index (χ1) is 16.2. The van der Waals surface area contributed by atoms with Crippen molar-refractivity contribution in [2.24, 2.45) is 0 Å². The number of likely N-dealkylation sites (N-methyl/N-ethyl adjacent to an activating group) is 1. The minimum atomic E-state index is -3.76. The molecule has 0 N–H and O–H groups in total. The Balaban J connectivity index is 1.91. The number of sulfone groups is 1. The van der Waals surface area contributed by atoms with E-state index < -0.39 is 33.8 Å². The second-order valence-corrected chi connectivity index (χ2v) is 10.7. The topological polar surface area (TPSA) is 105 Å². The maximum Gasteiger partial charge on any atom is 0.329 e. The maximum absolute atomic E-state index is 13.5. The Hall–Kier alpha value is -3.69. The van der Waals surface area contributed by atoms with Crippen molar-refractivity contribution in [3.8, 4) is 12.1 Å². The molecule has 1 heterocycles. The standard InChI is InChI=1S/C25H23FN4O3S/c1-16-22(15-28)24(29(2)25(31)30(16)19-6-3-5-17(11-19)13-26)21-10-9-18(14-27)12-23(21)34(32,33)20-7-4-8-20/h3,5-6,9-12,20,24H,4,7-8,13H2,1-2H3/t24-/m1/s1. The molecule has 2 amide bonds. The van der Waals surface area contributed by atoms with Crippen LogP contribution < -0.4 is 4.90 Å². The fourth-order valence-electron chi connectivity index (χ4n) is 4.45. The third-order valence-electron chi connectivity index (χ3n) is 6.56. The van der Waals surface area contributed by atoms with E-state index >= 15 is 0 Å². The Morgan fingerprint density at radius 1 is 1.12 bits per heavy atom. The molecule has 7 nitrogen and oxygen atoms in total. The van der Waals surface area contributed by atoms with Crippen LogP contribution in [0.4, 0.5) is 14.9 Å². The van der Waals surface area contributed by atoms with E-state index in [9.17, 15) is 28.1 Å². The van der Waals surface area contributed by atoms with E-state index in [1.165, 1.54) is 35.0 Å². The van der Waals surface area contributed by atoms with Gasteiger partial charge in [0.05, 0.1) is 45.1 Å². The summed E-state index contributed by atoms with van der Waals surface area (Å²) < 4.78 is 40.0. The molecule has 1 aliphatic heterocycles. The van der Waals surface area contributed by atoms with Gasteiger partial charge in [0.25, 0.3) is 0 Å². The molecule has 1 saturated carbocycles. The first-order valence-corrected chi connectivity index (χ1v) is 12.4. The molecule has 174 valence electrons. The summed E-state index contributed by atoms with van der Waals surface area (Å²) in [5, 5.41) is 18.9. The number of nitrogens with zero attached hydrogens (tertiary/aromatic N) is 4. The number of anilines is 1. The molecule has 0 aromatic heterocycles. The summed E-state index contributed by atoms with van der Waals surface area (Å²) in [6, 6.07) is 13.5. The van der Waals surface area contributed by atoms with Crippen LogP contribution in [0.15, 0.2) is 58.6 Å². The van der Waals surface area contributed by atoms with Crippen LogP contribution in [-0.4, -0.2) is 31.6 Å². The Morgan fingerprint density at radius 2 is 1.85 bits per heavy atom. The van der Waals surface area contributed by atoms with E-state index in [2.05, 4.69) is 6.07 Å². The highest BCUT2D eigenvalue weighted by molar-refractivity contribution is 7.92. The van der Waals surface area contributed by atoms with Gasteiger partial charge in [0.2, 0.25) is 0 Å². The summed E-state index contributed by atoms with van der Waals surface area (Å²) >= 11 is 0. The van der Waals surface area contributed by atoms with Gasteiger partial charge >= 0.3 is 6.03 Å². The van der Waals surface area contributed by atoms with Gasteiger partial charge in [-0.15, -0.1) is 0 Å². The van der Waals surface area contributed by atoms with Gasteiger partial charge in [0, 0.05) is 12.7 Å². The van der Waals surface area contributed by atoms with E-state index in [1.807, 2.05) is 6.07 Å². The van der Waals surface area contributed by atoms with Gasteiger partial charge in [-0.2, -0.15) is 10.5 Å². The number of carbonyl (C=O) groups is 1. The van der Waals surface area contributed by atoms with Crippen LogP contribution >= 0.6 is 0 Å². The molecule has 0 spiro atoms. The Morgan fingerprint density at radius 3 is 2.44 bits per heavy atom. The van der Waals surface area contributed by atoms with Crippen LogP contribution in [0.25, 0.3) is 0 Å². The molecule has 2 aliphatic rings. The van der Waals surface area contributed by atoms with E-state index in [-0.39, 0.29) is 21.6 Å². The van der Waals surface area contributed by atoms with Crippen molar-refractivity contribution in [2.45, 2.75) is 49.0 Å². The highest BCUT2D eigenvalue weighted by atomic mass is 32.2. The lowest BCUT2D eigenvalue weighted by Crippen LogP contribution is -2.48. The second-order valence-electron chi connectivity index (χ2n) is 8.51. The Bertz CT molecular complexity index is 1380. The van der Waals surface area contributed by atoms with Crippen LogP contribution in [-0.2, 0) is 16.5 Å². The fourth-order valence-corrected chi connectivity index (χ4v) is 6.56. The Kier molecular flexibility index (Phi) is 6.16. The van der Waals surface area contributed by atoms with Crippen molar-refractivity contribution >= 4 is 21.6 Å². The molecular formula is C25H23FN4O3S. The molecule has 4 rings (SSSR count). The SMILES string of the molecule is CC1=C(C#N)[C@@H](c2ccc(C#N)cc2S(=O)(=O)C2CCC2)N(C)C(=O)N1c1cccc(CF)c1. The molecule has 34 heavy (non-hydrogen) atoms. The average molecular weight is 479 g/mol. The molecule has 2 aromatic rings. The quantitative estimate of drug-likeness (QED) is 0.616. The number of hydrogen-bond acceptors (Lipinski definition) is 5. The molecule has 0 saturated heterocycles. The zero-order chi connectivity index (χ0) is 24.6. The monoisotopic (exact) mass is 478 g/mol. The largest absolute Gasteiger partial charge is 0.329 e. The smallest absolute Gasteiger partial charge is 0.315 e. The van der Waals surface area contributed by atoms with Crippen LogP contribution in [0.1, 0.15) is 48.9 Å². The summed E-state index contributed by atoms with van der Waals surface area (Å²) in [6.07, 6.45) is 1.89. The van der Waals surface area contributed by atoms with Gasteiger partial charge in [-0.1, -0.05) is 24.6 Å². The molecule has 0 bridgehead atoms. The van der Waals surface area contributed by atoms with Gasteiger partial charge in [-0.25, -0.2) is 17.6 Å². The van der Waals surface area contributed by atoms with Crippen molar-refractivity contribution in [3.05, 3.63) is 70.4 Å². The zero-order valence-corrected chi connectivity index (χ0v) is 19.6. The van der Waals surface area contributed by atoms with Gasteiger partial charge < -0.3 is 4.90 Å². The number of allylic oxidation sites excluding steroid dienone is 1. The molecular weight excluding hydrogens is 455 g/mol. The van der Waals surface area contributed by atoms with E-state index in [0.717, 1.165) is 6.42 Å². The van der Waals surface area contributed by atoms with Gasteiger partial charge in [-0.3, -0.25) is 4.90 Å². The fraction of sp³-hybridized carbons (Fsp3) is 0.320. The number of benzene rings is 2. The number of nitriles is 2. The summed E-state index contributed by atoms with van der Waals surface area (Å²) in [4.78, 5) is 16.1. The van der Waals surface area contributed by atoms with Crippen LogP contribution in [0.3, 0.4) is 0 Å². The number of urea groups is 1. The van der Waals surface area contributed by atoms with Crippen molar-refractivity contribution < 1.29 is 17.6 Å². The second kappa shape index (κ2) is 8.92. The molecule has 1 atom stereocenters. The van der Waals surface area contributed by atoms with E-state index in [1.54, 1.807) is 31.2 Å². The predicted octanol–water partition coefficient (Wildman–Crippen LogP) is 4.76. The highest BCUT2D eigenvalue weighted by Gasteiger charge is 2.42. The first-order valence-electron chi connectivity index (χ1n) is 10.8. The molecule has 2 aromatic carbocycles. The van der Waals surface area contributed by atoms with Crippen LogP contribution in [0.2, 0.25) is 0 Å². The van der Waals surface area contributed by atoms with E-state index in [4.69, 9.17) is 0 Å². The highest BCUT2D eigenvalue weighted by Crippen LogP contribution is 2.42. The summed E-state index contributed by atoms with van der Waals surface area (Å²) in [7, 11) is -2.26. The number of rotatable bonds is 5. The summed E-state index contributed by atoms with van der Waals surface area (Å²) in [5.74, 6) is 0. The maximum atomic E-state index is 13.5. The minimum Gasteiger partial charge on any atom is -0.315 e. The minimum absolute atomic E-state index is 0.0191. The van der Waals surface area contributed by atoms with Crippen LogP contribution in [0, 0.1) is 22.7 Å². The summed E-state index contributed by atoms with van der Waals surface area (Å²) in [5.41, 5.74) is 1.82. The van der Waals surface area contributed by atoms with E-state index in [0.29, 0.717) is 29.8 Å². The third kappa shape index (κ3) is 3.72. The lowest BCUT2D eigenvalue weighted by molar-refractivity contribution is 0.202. The number of hydrogen-bond donors (Lipinski definition) is 0. The average Bonchev–Trinajstić information content (AvgIpc) is 2.79. The van der Waals surface area contributed by atoms with Gasteiger partial charge in [-0.05, 0) is 55.2 Å². The summed E-state index contributed by atoms with van der Waals surface area (Å²) in [6.45, 7) is 0.915. The molecule has 0 unspecified atom stereocenters. The van der Waals surface area contributed by atoms with Crippen molar-refractivity contribution in [2.75, 3.05) is 11.9 Å². The van der Waals surface area contributed by atoms with Crippen molar-refractivity contribution in [1.82, 2.24) is 4.90 Å². The number of alkyl halides is 1. The Labute approximate surface area is 198 Å². The number of amides is 2. The first kappa shape index (κ1) is 23.5. The third-order valence-corrected chi connectivity index (χ3v) is 8.87. The molecule has 0 radical (unpaired) electrons. The zero-order valence-electron chi connectivity index (χ0n) is 18.8. The molecule has 9 heteroatoms. The predicted molar refractivity (Wildman–Crippen MR) is 124 cm³/mol. The number of carbonyl (C=O) groups excluding carboxylic acids is 1. The lowest BCUT2D eigenvalue weighted by atomic mass is 9.93. The lowest BCUT2D eigenvalue weighted by Gasteiger charge is -2.40. The normalized spacial score (nSPS) is 19.0. The van der Waals surface area contributed by atoms with Crippen LogP contribution in [0.5, 0.6) is 0 Å². The molecule has 1 fully saturated rings.